The normalized spacial score (nSPS) is 28.2. The smallest absolute Gasteiger partial charge is 0.276 e. The predicted molar refractivity (Wildman–Crippen MR) is 70.2 cm³/mol. The molecule has 4 amide bonds. The maximum Gasteiger partial charge on any atom is 0.330 e. The fourth-order valence-corrected chi connectivity index (χ4v) is 2.75. The molecule has 1 unspecified atom stereocenters. The lowest BCUT2D eigenvalue weighted by atomic mass is 9.74. The van der Waals surface area contributed by atoms with Gasteiger partial charge in [0.15, 0.2) is 0 Å². The van der Waals surface area contributed by atoms with Crippen molar-refractivity contribution in [1.82, 2.24) is 10.2 Å². The molecule has 1 aliphatic heterocycles. The van der Waals surface area contributed by atoms with Gasteiger partial charge in [0.2, 0.25) is 11.8 Å². The summed E-state index contributed by atoms with van der Waals surface area (Å²) in [6.45, 7) is 3.88. The zero-order valence-electron chi connectivity index (χ0n) is 11.5. The van der Waals surface area contributed by atoms with Gasteiger partial charge in [-0.2, -0.15) is 0 Å². The third-order valence-corrected chi connectivity index (χ3v) is 3.97. The second kappa shape index (κ2) is 5.15. The van der Waals surface area contributed by atoms with E-state index < -0.39 is 17.4 Å². The molecule has 1 saturated heterocycles. The molecule has 0 aromatic rings. The molecule has 0 radical (unpaired) electrons. The number of carbonyl (C=O) groups is 3. The Kier molecular flexibility index (Phi) is 3.73. The van der Waals surface area contributed by atoms with E-state index in [2.05, 4.69) is 5.32 Å². The van der Waals surface area contributed by atoms with Crippen LogP contribution in [0.4, 0.5) is 4.79 Å². The third kappa shape index (κ3) is 2.17. The molecular weight excluding hydrogens is 244 g/mol. The Hall–Kier alpha value is -1.65. The summed E-state index contributed by atoms with van der Waals surface area (Å²) in [5, 5.41) is 2.32. The van der Waals surface area contributed by atoms with Gasteiger partial charge in [0.25, 0.3) is 0 Å². The lowest BCUT2D eigenvalue weighted by Gasteiger charge is -2.39. The number of urea groups is 1. The highest BCUT2D eigenvalue weighted by Gasteiger charge is 2.52. The third-order valence-electron chi connectivity index (χ3n) is 3.97. The molecule has 104 valence electrons. The Bertz CT molecular complexity index is 456. The van der Waals surface area contributed by atoms with Crippen molar-refractivity contribution in [3.05, 3.63) is 11.6 Å². The van der Waals surface area contributed by atoms with Gasteiger partial charge in [-0.3, -0.25) is 19.8 Å². The van der Waals surface area contributed by atoms with Crippen molar-refractivity contribution in [1.29, 1.82) is 0 Å². The van der Waals surface area contributed by atoms with Crippen LogP contribution in [-0.2, 0) is 9.59 Å². The molecule has 0 aromatic heterocycles. The van der Waals surface area contributed by atoms with Crippen LogP contribution in [0.3, 0.4) is 0 Å². The number of nitrogens with zero attached hydrogens (tertiary/aromatic N) is 1. The van der Waals surface area contributed by atoms with Gasteiger partial charge in [-0.1, -0.05) is 13.0 Å². The van der Waals surface area contributed by atoms with E-state index in [1.807, 2.05) is 13.0 Å². The van der Waals surface area contributed by atoms with E-state index >= 15 is 0 Å². The highest BCUT2D eigenvalue weighted by molar-refractivity contribution is 6.20. The summed E-state index contributed by atoms with van der Waals surface area (Å²) in [6.07, 6.45) is 6.40. The van der Waals surface area contributed by atoms with Crippen molar-refractivity contribution in [3.63, 3.8) is 0 Å². The maximum absolute atomic E-state index is 12.6. The van der Waals surface area contributed by atoms with Crippen molar-refractivity contribution in [2.45, 2.75) is 46.0 Å². The number of amides is 4. The maximum atomic E-state index is 12.6. The summed E-state index contributed by atoms with van der Waals surface area (Å²) in [6, 6.07) is -0.592. The van der Waals surface area contributed by atoms with Crippen LogP contribution in [0.5, 0.6) is 0 Å². The largest absolute Gasteiger partial charge is 0.330 e. The second-order valence-corrected chi connectivity index (χ2v) is 5.32. The molecule has 1 aliphatic carbocycles. The fourth-order valence-electron chi connectivity index (χ4n) is 2.75. The van der Waals surface area contributed by atoms with E-state index in [0.29, 0.717) is 13.0 Å². The minimum atomic E-state index is -1.20. The Morgan fingerprint density at radius 2 is 2.05 bits per heavy atom. The molecule has 1 N–H and O–H groups in total. The SMILES string of the molecule is CCCN1C(=O)NC(=O)C(C)(C2=CCCCC2)C1=O. The molecule has 1 atom stereocenters. The summed E-state index contributed by atoms with van der Waals surface area (Å²) in [5.41, 5.74) is -0.349. The number of rotatable bonds is 3. The molecule has 1 fully saturated rings. The van der Waals surface area contributed by atoms with Crippen LogP contribution in [0.15, 0.2) is 11.6 Å². The van der Waals surface area contributed by atoms with Crippen molar-refractivity contribution in [2.75, 3.05) is 6.54 Å². The topological polar surface area (TPSA) is 66.5 Å². The van der Waals surface area contributed by atoms with Crippen LogP contribution in [0.1, 0.15) is 46.0 Å². The van der Waals surface area contributed by atoms with Crippen molar-refractivity contribution in [2.24, 2.45) is 5.41 Å². The van der Waals surface area contributed by atoms with Gasteiger partial charge in [0.05, 0.1) is 0 Å². The van der Waals surface area contributed by atoms with Gasteiger partial charge in [0, 0.05) is 6.54 Å². The van der Waals surface area contributed by atoms with Gasteiger partial charge in [-0.15, -0.1) is 0 Å². The summed E-state index contributed by atoms with van der Waals surface area (Å²) in [7, 11) is 0. The standard InChI is InChI=1S/C14H20N2O3/c1-3-9-16-12(18)14(2,11(17)15-13(16)19)10-7-5-4-6-8-10/h7H,3-6,8-9H2,1-2H3,(H,15,17,19). The Morgan fingerprint density at radius 3 is 2.63 bits per heavy atom. The van der Waals surface area contributed by atoms with E-state index in [9.17, 15) is 14.4 Å². The molecule has 2 aliphatic rings. The fraction of sp³-hybridized carbons (Fsp3) is 0.643. The number of nitrogens with one attached hydrogen (secondary N) is 1. The van der Waals surface area contributed by atoms with Crippen molar-refractivity contribution < 1.29 is 14.4 Å². The van der Waals surface area contributed by atoms with Crippen LogP contribution < -0.4 is 5.32 Å². The second-order valence-electron chi connectivity index (χ2n) is 5.32. The molecule has 5 nitrogen and oxygen atoms in total. The Morgan fingerprint density at radius 1 is 1.32 bits per heavy atom. The lowest BCUT2D eigenvalue weighted by Crippen LogP contribution is -2.63. The molecular formula is C14H20N2O3. The highest BCUT2D eigenvalue weighted by Crippen LogP contribution is 2.38. The van der Waals surface area contributed by atoms with Crippen molar-refractivity contribution in [3.8, 4) is 0 Å². The quantitative estimate of drug-likeness (QED) is 0.626. The number of hydrogen-bond donors (Lipinski definition) is 1. The first-order chi connectivity index (χ1) is 9.01. The minimum Gasteiger partial charge on any atom is -0.276 e. The van der Waals surface area contributed by atoms with Gasteiger partial charge in [-0.05, 0) is 44.6 Å². The average molecular weight is 264 g/mol. The van der Waals surface area contributed by atoms with E-state index in [1.54, 1.807) is 6.92 Å². The molecule has 0 spiro atoms. The van der Waals surface area contributed by atoms with Crippen LogP contribution in [0.2, 0.25) is 0 Å². The summed E-state index contributed by atoms with van der Waals surface area (Å²) in [4.78, 5) is 37.6. The first-order valence-electron chi connectivity index (χ1n) is 6.88. The van der Waals surface area contributed by atoms with E-state index in [4.69, 9.17) is 0 Å². The Labute approximate surface area is 113 Å². The highest BCUT2D eigenvalue weighted by atomic mass is 16.2. The molecule has 0 aromatic carbocycles. The molecule has 19 heavy (non-hydrogen) atoms. The van der Waals surface area contributed by atoms with Crippen LogP contribution in [0.25, 0.3) is 0 Å². The monoisotopic (exact) mass is 264 g/mol. The molecule has 5 heteroatoms. The zero-order valence-corrected chi connectivity index (χ0v) is 11.5. The number of hydrogen-bond acceptors (Lipinski definition) is 3. The Balaban J connectivity index is 2.36. The van der Waals surface area contributed by atoms with Gasteiger partial charge in [-0.25, -0.2) is 4.79 Å². The van der Waals surface area contributed by atoms with Crippen LogP contribution in [0, 0.1) is 5.41 Å². The molecule has 1 heterocycles. The number of allylic oxidation sites excluding steroid dienone is 1. The lowest BCUT2D eigenvalue weighted by molar-refractivity contribution is -0.147. The zero-order chi connectivity index (χ0) is 14.0. The van der Waals surface area contributed by atoms with Crippen LogP contribution >= 0.6 is 0 Å². The summed E-state index contributed by atoms with van der Waals surface area (Å²) >= 11 is 0. The van der Waals surface area contributed by atoms with E-state index in [0.717, 1.165) is 36.2 Å². The summed E-state index contributed by atoms with van der Waals surface area (Å²) < 4.78 is 0. The molecule has 2 rings (SSSR count). The average Bonchev–Trinajstić information content (AvgIpc) is 2.42. The molecule has 0 bridgehead atoms. The number of imide groups is 2. The number of carbonyl (C=O) groups excluding carboxylic acids is 3. The van der Waals surface area contributed by atoms with Gasteiger partial charge >= 0.3 is 6.03 Å². The van der Waals surface area contributed by atoms with Crippen molar-refractivity contribution >= 4 is 17.8 Å². The minimum absolute atomic E-state index is 0.348. The summed E-state index contributed by atoms with van der Waals surface area (Å²) in [5.74, 6) is -0.862. The van der Waals surface area contributed by atoms with E-state index in [1.165, 1.54) is 0 Å². The first kappa shape index (κ1) is 13.8. The predicted octanol–water partition coefficient (Wildman–Crippen LogP) is 1.98. The number of barbiturate groups is 1. The van der Waals surface area contributed by atoms with Crippen LogP contribution in [-0.4, -0.2) is 29.3 Å². The molecule has 0 saturated carbocycles. The van der Waals surface area contributed by atoms with Gasteiger partial charge < -0.3 is 0 Å². The van der Waals surface area contributed by atoms with E-state index in [-0.39, 0.29) is 5.91 Å². The first-order valence-corrected chi connectivity index (χ1v) is 6.88. The van der Waals surface area contributed by atoms with Gasteiger partial charge in [0.1, 0.15) is 5.41 Å².